The van der Waals surface area contributed by atoms with Gasteiger partial charge in [-0.25, -0.2) is 34.9 Å². The molecule has 0 saturated heterocycles. The highest BCUT2D eigenvalue weighted by Gasteiger charge is 2.25. The van der Waals surface area contributed by atoms with Crippen LogP contribution in [0.15, 0.2) is 491 Å². The highest BCUT2D eigenvalue weighted by molar-refractivity contribution is 7.27. The Morgan fingerprint density at radius 2 is 0.472 bits per heavy atom. The largest absolute Gasteiger partial charge is 0.309 e. The molecule has 0 N–H and O–H groups in total. The molecule has 9 heterocycles. The molecule has 20 aromatic carbocycles. The first-order chi connectivity index (χ1) is 70.4. The van der Waals surface area contributed by atoms with Gasteiger partial charge in [0.1, 0.15) is 5.82 Å². The summed E-state index contributed by atoms with van der Waals surface area (Å²) in [6.45, 7) is 0. The summed E-state index contributed by atoms with van der Waals surface area (Å²) in [6.07, 6.45) is 0. The van der Waals surface area contributed by atoms with E-state index in [9.17, 15) is 0 Å². The minimum Gasteiger partial charge on any atom is -0.309 e. The van der Waals surface area contributed by atoms with E-state index in [1.165, 1.54) is 156 Å². The fraction of sp³-hybridized carbons (Fsp3) is 0. The lowest BCUT2D eigenvalue weighted by Crippen LogP contribution is -2.00. The maximum absolute atomic E-state index is 5.30. The van der Waals surface area contributed by atoms with Gasteiger partial charge < -0.3 is 13.7 Å². The topological polar surface area (TPSA) is 110 Å². The summed E-state index contributed by atoms with van der Waals surface area (Å²) in [7, 11) is 0. The van der Waals surface area contributed by atoms with E-state index in [-0.39, 0.29) is 0 Å². The van der Waals surface area contributed by atoms with Gasteiger partial charge in [0.15, 0.2) is 34.9 Å². The van der Waals surface area contributed by atoms with Crippen LogP contribution in [0.4, 0.5) is 0 Å². The number of hydrogen-bond acceptors (Lipinski definition) is 9. The molecule has 0 aliphatic heterocycles. The Morgan fingerprint density at radius 3 is 0.972 bits per heavy atom. The number of rotatable bonds is 13. The smallest absolute Gasteiger partial charge is 0.164 e. The van der Waals surface area contributed by atoms with Gasteiger partial charge in [-0.15, -0.1) is 22.7 Å². The van der Waals surface area contributed by atoms with Gasteiger partial charge in [-0.05, 0) is 185 Å². The van der Waals surface area contributed by atoms with E-state index in [2.05, 4.69) is 388 Å². The second-order valence-corrected chi connectivity index (χ2v) is 37.9. The van der Waals surface area contributed by atoms with E-state index < -0.39 is 0 Å². The molecule has 11 nitrogen and oxygen atoms in total. The van der Waals surface area contributed by atoms with Crippen LogP contribution in [0.2, 0.25) is 0 Å². The number of nitrogens with zero attached hydrogens (tertiary/aromatic N) is 11. The number of aromatic nitrogens is 11. The zero-order chi connectivity index (χ0) is 93.7. The number of thiophene rings is 2. The maximum atomic E-state index is 5.30. The molecular weight excluding hydrogens is 1770 g/mol. The van der Waals surface area contributed by atoms with Crippen LogP contribution in [0.1, 0.15) is 0 Å². The Kier molecular flexibility index (Phi) is 20.4. The van der Waals surface area contributed by atoms with Gasteiger partial charge in [-0.3, -0.25) is 4.57 Å². The van der Waals surface area contributed by atoms with Crippen molar-refractivity contribution in [3.63, 3.8) is 0 Å². The standard InChI is InChI=1S/C51H33N3.2C39H24N4S/c1-3-13-34(14-4-1)35-23-25-36(26-24-35)43-33-51(52-46-20-10-7-17-40(43)46)54-48-22-12-9-19-42(48)45-32-38(28-30-50(45)54)37-27-29-49-44(31-37)41-18-8-11-21-47(41)53(49)39-15-5-2-6-16-39;1-3-11-25(12-4-1)37-40-38(26-13-5-2-6-14-26)42-39(41-37)27-19-21-28(22-20-27)43-32-17-9-7-16-31(32)35-33(43)24-23-30-29-15-8-10-18-34(29)44-36(30)35;1-3-11-25(12-4-1)37-40-38(26-13-5-2-6-14-26)42-39(41-37)27-19-21-28(22-20-27)43-31-17-9-7-15-29(31)35-32(43)23-24-34-36(35)30-16-8-10-18-33(30)44-34/h1-33H;2*1-24H. The summed E-state index contributed by atoms with van der Waals surface area (Å²) in [5.41, 5.74) is 26.7. The van der Waals surface area contributed by atoms with Crippen molar-refractivity contribution >= 4 is 161 Å². The van der Waals surface area contributed by atoms with E-state index in [4.69, 9.17) is 34.9 Å². The summed E-state index contributed by atoms with van der Waals surface area (Å²) >= 11 is 3.74. The molecule has 9 aromatic heterocycles. The van der Waals surface area contributed by atoms with Crippen molar-refractivity contribution in [2.45, 2.75) is 0 Å². The van der Waals surface area contributed by atoms with Crippen molar-refractivity contribution in [1.29, 1.82) is 0 Å². The van der Waals surface area contributed by atoms with Crippen molar-refractivity contribution in [2.24, 2.45) is 0 Å². The maximum Gasteiger partial charge on any atom is 0.164 e. The van der Waals surface area contributed by atoms with Gasteiger partial charge in [-0.2, -0.15) is 0 Å². The minimum absolute atomic E-state index is 0.651. The average molecular weight is 1850 g/mol. The summed E-state index contributed by atoms with van der Waals surface area (Å²) in [5.74, 6) is 4.85. The van der Waals surface area contributed by atoms with Gasteiger partial charge in [-0.1, -0.05) is 340 Å². The molecule has 0 amide bonds. The molecule has 0 aliphatic rings. The SMILES string of the molecule is c1ccc(-c2ccc(-c3cc(-n4c5ccccc5c5cc(-c6ccc7c(c6)c6ccccc6n7-c6ccccc6)ccc54)nc4ccccc34)cc2)cc1.c1ccc(-c2nc(-c3ccccc3)nc(-c3ccc(-n4c5ccccc5c5c6c(ccc54)sc4ccccc46)cc3)n2)cc1.c1ccc(-c2nc(-c3ccccc3)nc(-c3ccc(-n4c5ccccc5c5c6sc7ccccc7c6ccc54)cc3)n2)cc1. The molecule has 0 radical (unpaired) electrons. The first kappa shape index (κ1) is 82.9. The van der Waals surface area contributed by atoms with Crippen LogP contribution in [0.5, 0.6) is 0 Å². The number of para-hydroxylation sites is 6. The number of pyridine rings is 1. The van der Waals surface area contributed by atoms with Gasteiger partial charge in [0.25, 0.3) is 0 Å². The first-order valence-corrected chi connectivity index (χ1v) is 49.4. The van der Waals surface area contributed by atoms with E-state index in [0.29, 0.717) is 34.9 Å². The molecule has 142 heavy (non-hydrogen) atoms. The van der Waals surface area contributed by atoms with Gasteiger partial charge in [0.2, 0.25) is 0 Å². The third-order valence-corrected chi connectivity index (χ3v) is 29.8. The Balaban J connectivity index is 0.000000107. The Morgan fingerprint density at radius 1 is 0.155 bits per heavy atom. The van der Waals surface area contributed by atoms with Gasteiger partial charge in [0, 0.05) is 139 Å². The Bertz CT molecular complexity index is 9830. The molecule has 0 unspecified atom stereocenters. The van der Waals surface area contributed by atoms with Crippen LogP contribution in [-0.2, 0) is 0 Å². The monoisotopic (exact) mass is 1850 g/mol. The average Bonchev–Trinajstić information content (AvgIpc) is 1.57. The quantitative estimate of drug-likeness (QED) is 0.113. The predicted octanol–water partition coefficient (Wildman–Crippen LogP) is 34.1. The zero-order valence-electron chi connectivity index (χ0n) is 76.5. The molecular formula is C129H81N11S2. The van der Waals surface area contributed by atoms with Crippen molar-refractivity contribution in [1.82, 2.24) is 53.2 Å². The second kappa shape index (κ2) is 34.9. The molecule has 0 bridgehead atoms. The van der Waals surface area contributed by atoms with Crippen LogP contribution in [0.3, 0.4) is 0 Å². The number of fused-ring (bicyclic) bond motifs is 21. The molecule has 0 fully saturated rings. The molecule has 0 atom stereocenters. The van der Waals surface area contributed by atoms with Crippen molar-refractivity contribution in [3.8, 4) is 125 Å². The highest BCUT2D eigenvalue weighted by Crippen LogP contribution is 2.48. The van der Waals surface area contributed by atoms with Crippen LogP contribution >= 0.6 is 22.7 Å². The van der Waals surface area contributed by atoms with Crippen molar-refractivity contribution in [3.05, 3.63) is 491 Å². The van der Waals surface area contributed by atoms with Crippen LogP contribution in [0.25, 0.3) is 263 Å². The van der Waals surface area contributed by atoms with Crippen molar-refractivity contribution in [2.75, 3.05) is 0 Å². The normalized spacial score (nSPS) is 11.7. The van der Waals surface area contributed by atoms with Gasteiger partial charge >= 0.3 is 0 Å². The number of benzene rings is 20. The predicted molar refractivity (Wildman–Crippen MR) is 593 cm³/mol. The molecule has 664 valence electrons. The summed E-state index contributed by atoms with van der Waals surface area (Å²) < 4.78 is 14.7. The molecule has 13 heteroatoms. The lowest BCUT2D eigenvalue weighted by Gasteiger charge is -2.13. The van der Waals surface area contributed by atoms with Crippen molar-refractivity contribution < 1.29 is 0 Å². The lowest BCUT2D eigenvalue weighted by atomic mass is 9.98. The molecule has 29 aromatic rings. The van der Waals surface area contributed by atoms with Crippen LogP contribution in [0, 0.1) is 0 Å². The minimum atomic E-state index is 0.651. The summed E-state index contributed by atoms with van der Waals surface area (Å²) in [6, 6.07) is 174. The third kappa shape index (κ3) is 14.5. The van der Waals surface area contributed by atoms with Crippen LogP contribution in [-0.4, -0.2) is 53.2 Å². The lowest BCUT2D eigenvalue weighted by molar-refractivity contribution is 1.07. The molecule has 0 spiro atoms. The van der Waals surface area contributed by atoms with E-state index >= 15 is 0 Å². The Hall–Kier alpha value is -18.5. The fourth-order valence-corrected chi connectivity index (χ4v) is 23.2. The third-order valence-electron chi connectivity index (χ3n) is 27.5. The van der Waals surface area contributed by atoms with E-state index in [1.54, 1.807) is 0 Å². The molecule has 0 saturated carbocycles. The van der Waals surface area contributed by atoms with Crippen LogP contribution < -0.4 is 0 Å². The fourth-order valence-electron chi connectivity index (χ4n) is 20.9. The summed E-state index contributed by atoms with van der Waals surface area (Å²) in [4.78, 5) is 34.7. The number of hydrogen-bond donors (Lipinski definition) is 0. The Labute approximate surface area is 824 Å². The molecule has 0 aliphatic carbocycles. The van der Waals surface area contributed by atoms with E-state index in [1.807, 2.05) is 144 Å². The van der Waals surface area contributed by atoms with E-state index in [0.717, 1.165) is 72.5 Å². The molecule has 29 rings (SSSR count). The second-order valence-electron chi connectivity index (χ2n) is 35.7. The zero-order valence-corrected chi connectivity index (χ0v) is 78.1. The van der Waals surface area contributed by atoms with Gasteiger partial charge in [0.05, 0.1) is 49.7 Å². The first-order valence-electron chi connectivity index (χ1n) is 47.7. The summed E-state index contributed by atoms with van der Waals surface area (Å²) in [5, 5.41) is 16.5. The highest BCUT2D eigenvalue weighted by atomic mass is 32.1.